The number of carbonyl (C=O) groups excluding carboxylic acids is 2. The highest BCUT2D eigenvalue weighted by Crippen LogP contribution is 2.31. The summed E-state index contributed by atoms with van der Waals surface area (Å²) in [5.74, 6) is 0.307. The Labute approximate surface area is 206 Å². The third-order valence-corrected chi connectivity index (χ3v) is 6.97. The molecule has 2 aromatic carbocycles. The number of rotatable bonds is 6. The first kappa shape index (κ1) is 23.0. The van der Waals surface area contributed by atoms with E-state index < -0.39 is 0 Å². The topological polar surface area (TPSA) is 78.4 Å². The van der Waals surface area contributed by atoms with Crippen LogP contribution in [0.1, 0.15) is 35.9 Å². The Kier molecular flexibility index (Phi) is 6.24. The summed E-state index contributed by atoms with van der Waals surface area (Å²) in [5, 5.41) is 3.01. The Hall–Kier alpha value is -3.74. The lowest BCUT2D eigenvalue weighted by Gasteiger charge is -2.24. The third kappa shape index (κ3) is 4.76. The Morgan fingerprint density at radius 1 is 1.00 bits per heavy atom. The predicted molar refractivity (Wildman–Crippen MR) is 137 cm³/mol. The molecule has 0 saturated carbocycles. The van der Waals surface area contributed by atoms with E-state index in [0.717, 1.165) is 42.1 Å². The molecule has 0 radical (unpaired) electrons. The number of aryl methyl sites for hydroxylation is 2. The summed E-state index contributed by atoms with van der Waals surface area (Å²) in [6.07, 6.45) is 2.01. The van der Waals surface area contributed by atoms with Crippen molar-refractivity contribution >= 4 is 29.1 Å². The van der Waals surface area contributed by atoms with Crippen LogP contribution in [0.15, 0.2) is 54.6 Å². The van der Waals surface area contributed by atoms with Crippen molar-refractivity contribution in [1.82, 2.24) is 14.9 Å². The van der Waals surface area contributed by atoms with Crippen LogP contribution >= 0.6 is 0 Å². The molecule has 1 aromatic heterocycles. The second-order valence-corrected chi connectivity index (χ2v) is 9.51. The molecule has 2 heterocycles. The fourth-order valence-electron chi connectivity index (χ4n) is 5.25. The zero-order valence-electron chi connectivity index (χ0n) is 20.5. The lowest BCUT2D eigenvalue weighted by atomic mass is 10.1. The molecule has 35 heavy (non-hydrogen) atoms. The van der Waals surface area contributed by atoms with Gasteiger partial charge < -0.3 is 15.1 Å². The molecule has 7 nitrogen and oxygen atoms in total. The molecule has 1 unspecified atom stereocenters. The Morgan fingerprint density at radius 3 is 2.23 bits per heavy atom. The van der Waals surface area contributed by atoms with Gasteiger partial charge in [-0.3, -0.25) is 9.59 Å². The van der Waals surface area contributed by atoms with Crippen LogP contribution in [-0.2, 0) is 22.4 Å². The molecule has 1 N–H and O–H groups in total. The Balaban J connectivity index is 1.22. The summed E-state index contributed by atoms with van der Waals surface area (Å²) in [6.45, 7) is 7.19. The third-order valence-electron chi connectivity index (χ3n) is 6.97. The number of anilines is 3. The highest BCUT2D eigenvalue weighted by atomic mass is 16.2. The number of likely N-dealkylation sites (tertiary alicyclic amines) is 1. The molecule has 180 valence electrons. The van der Waals surface area contributed by atoms with E-state index >= 15 is 0 Å². The van der Waals surface area contributed by atoms with Gasteiger partial charge in [-0.15, -0.1) is 0 Å². The average molecular weight is 470 g/mol. The molecular formula is C28H31N5O2. The normalized spacial score (nSPS) is 17.5. The van der Waals surface area contributed by atoms with E-state index in [9.17, 15) is 9.59 Å². The molecule has 5 rings (SSSR count). The van der Waals surface area contributed by atoms with E-state index in [0.29, 0.717) is 12.5 Å². The number of hydrogen-bond acceptors (Lipinski definition) is 5. The van der Waals surface area contributed by atoms with Crippen LogP contribution < -0.4 is 10.2 Å². The number of nitrogens with one attached hydrogen (secondary N) is 1. The molecule has 1 fully saturated rings. The number of carbonyl (C=O) groups is 2. The van der Waals surface area contributed by atoms with Crippen LogP contribution in [0.3, 0.4) is 0 Å². The van der Waals surface area contributed by atoms with Gasteiger partial charge in [0.05, 0.1) is 5.92 Å². The van der Waals surface area contributed by atoms with Crippen LogP contribution in [0.4, 0.5) is 17.3 Å². The SMILES string of the molecule is CCN(c1ccc(NC(=O)C2CC(=O)N(C3Cc4ccccc4C3)C2)cc1)c1nc(C)cc(C)n1. The van der Waals surface area contributed by atoms with Crippen LogP contribution in [0.5, 0.6) is 0 Å². The second kappa shape index (κ2) is 9.49. The van der Waals surface area contributed by atoms with Crippen LogP contribution in [0.2, 0.25) is 0 Å². The molecule has 2 amide bonds. The van der Waals surface area contributed by atoms with E-state index in [-0.39, 0.29) is 30.2 Å². The summed E-state index contributed by atoms with van der Waals surface area (Å²) in [4.78, 5) is 38.8. The second-order valence-electron chi connectivity index (χ2n) is 9.51. The standard InChI is InChI=1S/C28H31N5O2/c1-4-32(28-29-18(2)13-19(3)30-28)24-11-9-23(10-12-24)31-27(35)22-16-26(34)33(17-22)25-14-20-7-5-6-8-21(20)15-25/h5-13,22,25H,4,14-17H2,1-3H3,(H,31,35). The first-order valence-electron chi connectivity index (χ1n) is 12.3. The molecule has 0 bridgehead atoms. The fraction of sp³-hybridized carbons (Fsp3) is 0.357. The minimum atomic E-state index is -0.332. The Morgan fingerprint density at radius 2 is 1.63 bits per heavy atom. The van der Waals surface area contributed by atoms with Gasteiger partial charge in [-0.1, -0.05) is 24.3 Å². The van der Waals surface area contributed by atoms with Crippen molar-refractivity contribution in [3.8, 4) is 0 Å². The van der Waals surface area contributed by atoms with Crippen molar-refractivity contribution in [2.45, 2.75) is 46.1 Å². The number of fused-ring (bicyclic) bond motifs is 1. The number of amides is 2. The number of aromatic nitrogens is 2. The molecule has 1 saturated heterocycles. The molecule has 1 aliphatic heterocycles. The van der Waals surface area contributed by atoms with E-state index in [1.807, 2.05) is 66.1 Å². The first-order chi connectivity index (χ1) is 16.9. The smallest absolute Gasteiger partial charge is 0.230 e. The molecular weight excluding hydrogens is 438 g/mol. The molecule has 2 aliphatic rings. The number of hydrogen-bond donors (Lipinski definition) is 1. The molecule has 3 aromatic rings. The van der Waals surface area contributed by atoms with E-state index in [4.69, 9.17) is 0 Å². The van der Waals surface area contributed by atoms with Gasteiger partial charge in [-0.2, -0.15) is 0 Å². The summed E-state index contributed by atoms with van der Waals surface area (Å²) >= 11 is 0. The lowest BCUT2D eigenvalue weighted by Crippen LogP contribution is -2.38. The largest absolute Gasteiger partial charge is 0.338 e. The Bertz CT molecular complexity index is 1210. The van der Waals surface area contributed by atoms with Gasteiger partial charge in [0.15, 0.2) is 0 Å². The van der Waals surface area contributed by atoms with Crippen molar-refractivity contribution in [3.63, 3.8) is 0 Å². The number of nitrogens with zero attached hydrogens (tertiary/aromatic N) is 4. The maximum atomic E-state index is 13.0. The molecule has 1 aliphatic carbocycles. The fourth-order valence-corrected chi connectivity index (χ4v) is 5.25. The monoisotopic (exact) mass is 469 g/mol. The van der Waals surface area contributed by atoms with Crippen LogP contribution in [0.25, 0.3) is 0 Å². The van der Waals surface area contributed by atoms with Crippen LogP contribution in [0, 0.1) is 19.8 Å². The van der Waals surface area contributed by atoms with Gasteiger partial charge in [-0.05, 0) is 75.1 Å². The van der Waals surface area contributed by atoms with E-state index in [2.05, 4.69) is 34.3 Å². The summed E-state index contributed by atoms with van der Waals surface area (Å²) < 4.78 is 0. The van der Waals surface area contributed by atoms with Crippen LogP contribution in [-0.4, -0.2) is 45.8 Å². The van der Waals surface area contributed by atoms with Crippen molar-refractivity contribution < 1.29 is 9.59 Å². The van der Waals surface area contributed by atoms with Gasteiger partial charge >= 0.3 is 0 Å². The van der Waals surface area contributed by atoms with Gasteiger partial charge in [0.25, 0.3) is 0 Å². The minimum Gasteiger partial charge on any atom is -0.338 e. The first-order valence-corrected chi connectivity index (χ1v) is 12.3. The van der Waals surface area contributed by atoms with Gasteiger partial charge in [0.2, 0.25) is 17.8 Å². The highest BCUT2D eigenvalue weighted by molar-refractivity contribution is 5.97. The predicted octanol–water partition coefficient (Wildman–Crippen LogP) is 4.21. The van der Waals surface area contributed by atoms with Gasteiger partial charge in [-0.25, -0.2) is 9.97 Å². The van der Waals surface area contributed by atoms with Crippen molar-refractivity contribution in [2.24, 2.45) is 5.92 Å². The maximum absolute atomic E-state index is 13.0. The van der Waals surface area contributed by atoms with Crippen molar-refractivity contribution in [3.05, 3.63) is 77.1 Å². The zero-order chi connectivity index (χ0) is 24.5. The minimum absolute atomic E-state index is 0.0744. The summed E-state index contributed by atoms with van der Waals surface area (Å²) in [6, 6.07) is 18.2. The van der Waals surface area contributed by atoms with Gasteiger partial charge in [0.1, 0.15) is 0 Å². The van der Waals surface area contributed by atoms with Crippen molar-refractivity contribution in [1.29, 1.82) is 0 Å². The molecule has 7 heteroatoms. The molecule has 1 atom stereocenters. The summed E-state index contributed by atoms with van der Waals surface area (Å²) in [7, 11) is 0. The number of benzene rings is 2. The quantitative estimate of drug-likeness (QED) is 0.585. The average Bonchev–Trinajstić information content (AvgIpc) is 3.43. The molecule has 0 spiro atoms. The maximum Gasteiger partial charge on any atom is 0.230 e. The van der Waals surface area contributed by atoms with E-state index in [1.165, 1.54) is 11.1 Å². The zero-order valence-corrected chi connectivity index (χ0v) is 20.5. The van der Waals surface area contributed by atoms with E-state index in [1.54, 1.807) is 0 Å². The lowest BCUT2D eigenvalue weighted by molar-refractivity contribution is -0.129. The summed E-state index contributed by atoms with van der Waals surface area (Å²) in [5.41, 5.74) is 6.15. The van der Waals surface area contributed by atoms with Crippen molar-refractivity contribution in [2.75, 3.05) is 23.3 Å². The van der Waals surface area contributed by atoms with Gasteiger partial charge in [0, 0.05) is 48.3 Å². The highest BCUT2D eigenvalue weighted by Gasteiger charge is 2.39.